The van der Waals surface area contributed by atoms with Gasteiger partial charge in [-0.2, -0.15) is 4.72 Å². The first-order valence-corrected chi connectivity index (χ1v) is 8.43. The fourth-order valence-corrected chi connectivity index (χ4v) is 2.44. The van der Waals surface area contributed by atoms with Crippen molar-refractivity contribution in [3.63, 3.8) is 0 Å². The van der Waals surface area contributed by atoms with Crippen molar-refractivity contribution >= 4 is 21.9 Å². The molecule has 0 bridgehead atoms. The van der Waals surface area contributed by atoms with Crippen LogP contribution in [0.2, 0.25) is 0 Å². The summed E-state index contributed by atoms with van der Waals surface area (Å²) in [4.78, 5) is 22.7. The van der Waals surface area contributed by atoms with Crippen LogP contribution in [0.4, 0.5) is 4.39 Å². The summed E-state index contributed by atoms with van der Waals surface area (Å²) in [6.45, 7) is 2.58. The number of benzene rings is 1. The van der Waals surface area contributed by atoms with Gasteiger partial charge in [0.15, 0.2) is 6.61 Å². The molecule has 128 valence electrons. The van der Waals surface area contributed by atoms with E-state index >= 15 is 0 Å². The van der Waals surface area contributed by atoms with E-state index in [9.17, 15) is 22.4 Å². The number of ether oxygens (including phenoxy) is 1. The molecule has 0 aliphatic rings. The first-order chi connectivity index (χ1) is 10.7. The fraction of sp³-hybridized carbons (Fsp3) is 0.429. The second-order valence-corrected chi connectivity index (χ2v) is 6.58. The molecule has 0 unspecified atom stereocenters. The molecule has 1 rings (SSSR count). The van der Waals surface area contributed by atoms with Crippen LogP contribution in [0.5, 0.6) is 0 Å². The monoisotopic (exact) mass is 346 g/mol. The average Bonchev–Trinajstić information content (AvgIpc) is 2.51. The number of sulfonamides is 1. The van der Waals surface area contributed by atoms with E-state index in [4.69, 9.17) is 0 Å². The molecule has 0 heterocycles. The number of rotatable bonds is 8. The third kappa shape index (κ3) is 6.74. The maximum atomic E-state index is 12.8. The van der Waals surface area contributed by atoms with E-state index in [2.05, 4.69) is 10.1 Å². The lowest BCUT2D eigenvalue weighted by Crippen LogP contribution is -2.37. The number of halogens is 1. The number of carbonyl (C=O) groups excluding carboxylic acids is 2. The molecule has 0 aliphatic heterocycles. The first kappa shape index (κ1) is 19.0. The van der Waals surface area contributed by atoms with Gasteiger partial charge in [0.05, 0.1) is 4.90 Å². The highest BCUT2D eigenvalue weighted by Gasteiger charge is 2.17. The standard InChI is InChI=1S/C14H19FN2O5S/c1-3-10(2)17-13(18)9-22-14(19)8-16-23(20,21)12-6-4-11(15)5-7-12/h4-7,10,16H,3,8-9H2,1-2H3,(H,17,18)/t10-/m0/s1. The van der Waals surface area contributed by atoms with Crippen LogP contribution in [-0.2, 0) is 24.3 Å². The van der Waals surface area contributed by atoms with Gasteiger partial charge in [-0.05, 0) is 37.6 Å². The zero-order valence-electron chi connectivity index (χ0n) is 12.8. The van der Waals surface area contributed by atoms with Crippen molar-refractivity contribution in [2.24, 2.45) is 0 Å². The number of carbonyl (C=O) groups is 2. The Kier molecular flexibility index (Phi) is 7.11. The fourth-order valence-electron chi connectivity index (χ4n) is 1.47. The highest BCUT2D eigenvalue weighted by atomic mass is 32.2. The van der Waals surface area contributed by atoms with Gasteiger partial charge in [-0.3, -0.25) is 9.59 Å². The van der Waals surface area contributed by atoms with Crippen molar-refractivity contribution in [3.05, 3.63) is 30.1 Å². The summed E-state index contributed by atoms with van der Waals surface area (Å²) in [5, 5.41) is 2.60. The highest BCUT2D eigenvalue weighted by molar-refractivity contribution is 7.89. The Hall–Kier alpha value is -2.00. The van der Waals surface area contributed by atoms with Crippen LogP contribution in [0.1, 0.15) is 20.3 Å². The molecule has 0 aromatic heterocycles. The molecular weight excluding hydrogens is 327 g/mol. The third-order valence-corrected chi connectivity index (χ3v) is 4.33. The summed E-state index contributed by atoms with van der Waals surface area (Å²) in [6, 6.07) is 4.09. The summed E-state index contributed by atoms with van der Waals surface area (Å²) >= 11 is 0. The Morgan fingerprint density at radius 3 is 2.43 bits per heavy atom. The van der Waals surface area contributed by atoms with Crippen LogP contribution in [-0.4, -0.2) is 39.5 Å². The molecule has 2 N–H and O–H groups in total. The predicted molar refractivity (Wildman–Crippen MR) is 80.4 cm³/mol. The van der Waals surface area contributed by atoms with Crippen molar-refractivity contribution < 1.29 is 27.1 Å². The van der Waals surface area contributed by atoms with Gasteiger partial charge in [0.2, 0.25) is 10.0 Å². The zero-order chi connectivity index (χ0) is 17.5. The van der Waals surface area contributed by atoms with Crippen molar-refractivity contribution in [2.75, 3.05) is 13.2 Å². The smallest absolute Gasteiger partial charge is 0.321 e. The van der Waals surface area contributed by atoms with E-state index in [0.29, 0.717) is 0 Å². The van der Waals surface area contributed by atoms with Gasteiger partial charge >= 0.3 is 5.97 Å². The molecule has 1 aromatic carbocycles. The lowest BCUT2D eigenvalue weighted by atomic mass is 10.2. The molecule has 0 saturated heterocycles. The molecule has 1 atom stereocenters. The quantitative estimate of drug-likeness (QED) is 0.670. The second kappa shape index (κ2) is 8.59. The van der Waals surface area contributed by atoms with E-state index < -0.39 is 40.9 Å². The lowest BCUT2D eigenvalue weighted by molar-refractivity contribution is -0.147. The second-order valence-electron chi connectivity index (χ2n) is 4.82. The zero-order valence-corrected chi connectivity index (χ0v) is 13.7. The number of esters is 1. The third-order valence-electron chi connectivity index (χ3n) is 2.91. The number of hydrogen-bond donors (Lipinski definition) is 2. The largest absolute Gasteiger partial charge is 0.455 e. The van der Waals surface area contributed by atoms with Gasteiger partial charge in [0.25, 0.3) is 5.91 Å². The average molecular weight is 346 g/mol. The lowest BCUT2D eigenvalue weighted by Gasteiger charge is -2.11. The van der Waals surface area contributed by atoms with Gasteiger partial charge in [-0.15, -0.1) is 0 Å². The van der Waals surface area contributed by atoms with Crippen molar-refractivity contribution in [2.45, 2.75) is 31.2 Å². The summed E-state index contributed by atoms with van der Waals surface area (Å²) < 4.78 is 43.1. The van der Waals surface area contributed by atoms with E-state index in [-0.39, 0.29) is 10.9 Å². The molecule has 1 amide bonds. The molecule has 0 saturated carbocycles. The molecule has 0 aliphatic carbocycles. The topological polar surface area (TPSA) is 102 Å². The summed E-state index contributed by atoms with van der Waals surface area (Å²) in [5.41, 5.74) is 0. The Labute approximate surface area is 134 Å². The normalized spacial score (nSPS) is 12.5. The minimum Gasteiger partial charge on any atom is -0.455 e. The van der Waals surface area contributed by atoms with Crippen molar-refractivity contribution in [3.8, 4) is 0 Å². The van der Waals surface area contributed by atoms with Gasteiger partial charge in [-0.1, -0.05) is 6.92 Å². The number of hydrogen-bond acceptors (Lipinski definition) is 5. The van der Waals surface area contributed by atoms with Crippen LogP contribution >= 0.6 is 0 Å². The molecule has 0 radical (unpaired) electrons. The minimum absolute atomic E-state index is 0.0434. The van der Waals surface area contributed by atoms with Gasteiger partial charge in [0.1, 0.15) is 12.4 Å². The minimum atomic E-state index is -3.95. The Morgan fingerprint density at radius 2 is 1.87 bits per heavy atom. The highest BCUT2D eigenvalue weighted by Crippen LogP contribution is 2.09. The summed E-state index contributed by atoms with van der Waals surface area (Å²) in [7, 11) is -3.95. The molecular formula is C14H19FN2O5S. The maximum absolute atomic E-state index is 12.8. The van der Waals surface area contributed by atoms with E-state index in [1.54, 1.807) is 6.92 Å². The molecule has 9 heteroatoms. The Morgan fingerprint density at radius 1 is 1.26 bits per heavy atom. The van der Waals surface area contributed by atoms with Crippen molar-refractivity contribution in [1.29, 1.82) is 0 Å². The van der Waals surface area contributed by atoms with Crippen LogP contribution in [0.25, 0.3) is 0 Å². The summed E-state index contributed by atoms with van der Waals surface area (Å²) in [5.74, 6) is -1.93. The molecule has 0 fully saturated rings. The SMILES string of the molecule is CC[C@H](C)NC(=O)COC(=O)CNS(=O)(=O)c1ccc(F)cc1. The van der Waals surface area contributed by atoms with Crippen molar-refractivity contribution in [1.82, 2.24) is 10.0 Å². The Bertz CT molecular complexity index is 646. The van der Waals surface area contributed by atoms with E-state index in [1.165, 1.54) is 0 Å². The maximum Gasteiger partial charge on any atom is 0.321 e. The molecule has 7 nitrogen and oxygen atoms in total. The van der Waals surface area contributed by atoms with E-state index in [0.717, 1.165) is 30.7 Å². The van der Waals surface area contributed by atoms with E-state index in [1.807, 2.05) is 11.6 Å². The number of amides is 1. The van der Waals surface area contributed by atoms with Gasteiger partial charge in [-0.25, -0.2) is 12.8 Å². The molecule has 1 aromatic rings. The van der Waals surface area contributed by atoms with Crippen LogP contribution < -0.4 is 10.0 Å². The molecule has 23 heavy (non-hydrogen) atoms. The summed E-state index contributed by atoms with van der Waals surface area (Å²) in [6.07, 6.45) is 0.733. The van der Waals surface area contributed by atoms with Gasteiger partial charge < -0.3 is 10.1 Å². The van der Waals surface area contributed by atoms with Crippen LogP contribution in [0.15, 0.2) is 29.2 Å². The first-order valence-electron chi connectivity index (χ1n) is 6.95. The molecule has 0 spiro atoms. The van der Waals surface area contributed by atoms with Gasteiger partial charge in [0, 0.05) is 6.04 Å². The van der Waals surface area contributed by atoms with Crippen LogP contribution in [0, 0.1) is 5.82 Å². The predicted octanol–water partition coefficient (Wildman–Crippen LogP) is 0.562. The Balaban J connectivity index is 2.43. The van der Waals surface area contributed by atoms with Crippen LogP contribution in [0.3, 0.4) is 0 Å². The number of nitrogens with one attached hydrogen (secondary N) is 2.